The molecule has 3 aliphatic carbocycles. The van der Waals surface area contributed by atoms with Gasteiger partial charge in [-0.25, -0.2) is 9.78 Å². The van der Waals surface area contributed by atoms with Crippen molar-refractivity contribution >= 4 is 22.5 Å². The number of nitrogens with zero attached hydrogens (tertiary/aromatic N) is 1. The number of ether oxygens (including phenoxy) is 1. The topological polar surface area (TPSA) is 63.2 Å². The van der Waals surface area contributed by atoms with Gasteiger partial charge in [0.05, 0.1) is 12.3 Å². The van der Waals surface area contributed by atoms with Gasteiger partial charge in [0.1, 0.15) is 0 Å². The fourth-order valence-electron chi connectivity index (χ4n) is 5.11. The highest BCUT2D eigenvalue weighted by atomic mass is 32.1. The third-order valence-corrected chi connectivity index (χ3v) is 6.62. The first kappa shape index (κ1) is 14.5. The number of hydrogen-bond donors (Lipinski definition) is 2. The summed E-state index contributed by atoms with van der Waals surface area (Å²) >= 11 is 1.44. The van der Waals surface area contributed by atoms with Crippen LogP contribution in [-0.2, 0) is 11.3 Å². The second-order valence-electron chi connectivity index (χ2n) is 6.94. The number of nitrogens with one attached hydrogen (secondary N) is 2. The number of amides is 2. The van der Waals surface area contributed by atoms with Crippen molar-refractivity contribution in [2.24, 2.45) is 23.7 Å². The Bertz CT molecular complexity index is 561. The molecule has 0 saturated heterocycles. The molecule has 6 heteroatoms. The lowest BCUT2D eigenvalue weighted by atomic mass is 9.79. The molecule has 1 aromatic heterocycles. The molecule has 0 spiro atoms. The average Bonchev–Trinajstić information content (AvgIpc) is 3.19. The maximum atomic E-state index is 12.2. The average molecular weight is 321 g/mol. The van der Waals surface area contributed by atoms with E-state index in [0.29, 0.717) is 23.7 Å². The van der Waals surface area contributed by atoms with Crippen molar-refractivity contribution in [3.05, 3.63) is 11.1 Å². The van der Waals surface area contributed by atoms with Crippen LogP contribution in [0.3, 0.4) is 0 Å². The van der Waals surface area contributed by atoms with E-state index in [4.69, 9.17) is 4.74 Å². The van der Waals surface area contributed by atoms with Crippen LogP contribution in [0.4, 0.5) is 9.93 Å². The number of carbonyl (C=O) groups excluding carboxylic acids is 1. The number of fused-ring (bicyclic) bond motifs is 5. The summed E-state index contributed by atoms with van der Waals surface area (Å²) in [5.74, 6) is 3.40. The molecular formula is C16H23N3O2S. The lowest BCUT2D eigenvalue weighted by molar-refractivity contribution is 0.182. The molecule has 1 aromatic rings. The SMILES string of the molecule is COCc1csc(NC(=O)N[C@@H]2C[C@H]3C[C@H]2[C@@H]2CCC[C@H]32)n1. The Kier molecular flexibility index (Phi) is 3.82. The normalized spacial score (nSPS) is 35.6. The second kappa shape index (κ2) is 5.81. The van der Waals surface area contributed by atoms with E-state index in [1.54, 1.807) is 7.11 Å². The van der Waals surface area contributed by atoms with Gasteiger partial charge in [0.25, 0.3) is 0 Å². The minimum absolute atomic E-state index is 0.106. The van der Waals surface area contributed by atoms with Crippen LogP contribution in [0.1, 0.15) is 37.8 Å². The molecule has 120 valence electrons. The molecule has 4 rings (SSSR count). The third-order valence-electron chi connectivity index (χ3n) is 5.81. The molecule has 2 bridgehead atoms. The Balaban J connectivity index is 1.33. The predicted molar refractivity (Wildman–Crippen MR) is 85.8 cm³/mol. The van der Waals surface area contributed by atoms with Crippen molar-refractivity contribution in [3.8, 4) is 0 Å². The number of aromatic nitrogens is 1. The molecular weight excluding hydrogens is 298 g/mol. The Hall–Kier alpha value is -1.14. The Morgan fingerprint density at radius 2 is 2.23 bits per heavy atom. The summed E-state index contributed by atoms with van der Waals surface area (Å²) in [6, 6.07) is 0.258. The van der Waals surface area contributed by atoms with Crippen molar-refractivity contribution in [1.29, 1.82) is 0 Å². The third kappa shape index (κ3) is 2.52. The highest BCUT2D eigenvalue weighted by Gasteiger charge is 2.54. The highest BCUT2D eigenvalue weighted by Crippen LogP contribution is 2.58. The van der Waals surface area contributed by atoms with Crippen molar-refractivity contribution in [1.82, 2.24) is 10.3 Å². The number of anilines is 1. The molecule has 2 amide bonds. The van der Waals surface area contributed by atoms with Crippen molar-refractivity contribution < 1.29 is 9.53 Å². The highest BCUT2D eigenvalue weighted by molar-refractivity contribution is 7.13. The molecule has 0 aliphatic heterocycles. The monoisotopic (exact) mass is 321 g/mol. The van der Waals surface area contributed by atoms with Gasteiger partial charge in [-0.15, -0.1) is 11.3 Å². The van der Waals surface area contributed by atoms with Crippen LogP contribution < -0.4 is 10.6 Å². The number of urea groups is 1. The summed E-state index contributed by atoms with van der Waals surface area (Å²) in [5, 5.41) is 8.63. The standard InChI is InChI=1S/C16H23N3O2S/c1-21-7-10-8-22-16(17-10)19-15(20)18-14-6-9-5-13(14)12-4-2-3-11(9)12/h8-9,11-14H,2-7H2,1H3,(H2,17,18,19,20)/t9-,11-,12-,13+,14-/m1/s1. The molecule has 2 N–H and O–H groups in total. The quantitative estimate of drug-likeness (QED) is 0.895. The zero-order valence-corrected chi connectivity index (χ0v) is 13.7. The maximum Gasteiger partial charge on any atom is 0.321 e. The summed E-state index contributed by atoms with van der Waals surface area (Å²) in [7, 11) is 1.64. The van der Waals surface area contributed by atoms with Crippen molar-refractivity contribution in [2.75, 3.05) is 12.4 Å². The smallest absolute Gasteiger partial charge is 0.321 e. The Morgan fingerprint density at radius 3 is 3.09 bits per heavy atom. The number of methoxy groups -OCH3 is 1. The number of rotatable bonds is 4. The maximum absolute atomic E-state index is 12.2. The molecule has 5 nitrogen and oxygen atoms in total. The molecule has 0 aromatic carbocycles. The van der Waals surface area contributed by atoms with Gasteiger partial charge >= 0.3 is 6.03 Å². The van der Waals surface area contributed by atoms with E-state index >= 15 is 0 Å². The zero-order valence-electron chi connectivity index (χ0n) is 12.9. The molecule has 3 saturated carbocycles. The molecule has 5 atom stereocenters. The number of carbonyl (C=O) groups is 1. The summed E-state index contributed by atoms with van der Waals surface area (Å²) < 4.78 is 5.04. The molecule has 0 unspecified atom stereocenters. The van der Waals surface area contributed by atoms with Crippen molar-refractivity contribution in [3.63, 3.8) is 0 Å². The predicted octanol–water partition coefficient (Wildman–Crippen LogP) is 3.24. The van der Waals surface area contributed by atoms with Crippen LogP contribution >= 0.6 is 11.3 Å². The molecule has 0 radical (unpaired) electrons. The minimum Gasteiger partial charge on any atom is -0.378 e. The molecule has 1 heterocycles. The fourth-order valence-corrected chi connectivity index (χ4v) is 5.80. The van der Waals surface area contributed by atoms with E-state index in [0.717, 1.165) is 23.4 Å². The lowest BCUT2D eigenvalue weighted by Crippen LogP contribution is -2.44. The molecule has 22 heavy (non-hydrogen) atoms. The first-order valence-electron chi connectivity index (χ1n) is 8.25. The summed E-state index contributed by atoms with van der Waals surface area (Å²) in [5.41, 5.74) is 0.858. The Labute approximate surface area is 134 Å². The van der Waals surface area contributed by atoms with Crippen LogP contribution in [0.25, 0.3) is 0 Å². The summed E-state index contributed by atoms with van der Waals surface area (Å²) in [6.45, 7) is 0.481. The van der Waals surface area contributed by atoms with Gasteiger partial charge in [-0.05, 0) is 49.4 Å². The lowest BCUT2D eigenvalue weighted by Gasteiger charge is -2.31. The largest absolute Gasteiger partial charge is 0.378 e. The van der Waals surface area contributed by atoms with Crippen molar-refractivity contribution in [2.45, 2.75) is 44.8 Å². The number of hydrogen-bond acceptors (Lipinski definition) is 4. The van der Waals surface area contributed by atoms with E-state index in [2.05, 4.69) is 15.6 Å². The first-order valence-corrected chi connectivity index (χ1v) is 9.13. The summed E-state index contributed by atoms with van der Waals surface area (Å²) in [6.07, 6.45) is 6.69. The van der Waals surface area contributed by atoms with E-state index in [-0.39, 0.29) is 6.03 Å². The van der Waals surface area contributed by atoms with Gasteiger partial charge in [0, 0.05) is 18.5 Å². The van der Waals surface area contributed by atoms with E-state index < -0.39 is 0 Å². The molecule has 3 aliphatic rings. The van der Waals surface area contributed by atoms with Crippen LogP contribution in [0, 0.1) is 23.7 Å². The van der Waals surface area contributed by atoms with E-state index in [1.165, 1.54) is 43.4 Å². The second-order valence-corrected chi connectivity index (χ2v) is 7.79. The van der Waals surface area contributed by atoms with Crippen LogP contribution in [0.5, 0.6) is 0 Å². The van der Waals surface area contributed by atoms with Gasteiger partial charge in [0.15, 0.2) is 5.13 Å². The molecule has 3 fully saturated rings. The van der Waals surface area contributed by atoms with Gasteiger partial charge in [-0.3, -0.25) is 5.32 Å². The Morgan fingerprint density at radius 1 is 1.36 bits per heavy atom. The summed E-state index contributed by atoms with van der Waals surface area (Å²) in [4.78, 5) is 16.6. The minimum atomic E-state index is -0.106. The van der Waals surface area contributed by atoms with E-state index in [9.17, 15) is 4.79 Å². The van der Waals surface area contributed by atoms with Crippen LogP contribution in [-0.4, -0.2) is 24.2 Å². The number of thiazole rings is 1. The fraction of sp³-hybridized carbons (Fsp3) is 0.750. The first-order chi connectivity index (χ1) is 10.7. The van der Waals surface area contributed by atoms with Crippen LogP contribution in [0.2, 0.25) is 0 Å². The van der Waals surface area contributed by atoms with E-state index in [1.807, 2.05) is 5.38 Å². The van der Waals surface area contributed by atoms with Gasteiger partial charge in [-0.2, -0.15) is 0 Å². The zero-order chi connectivity index (χ0) is 15.1. The van der Waals surface area contributed by atoms with Crippen LogP contribution in [0.15, 0.2) is 5.38 Å². The van der Waals surface area contributed by atoms with Gasteiger partial charge < -0.3 is 10.1 Å². The van der Waals surface area contributed by atoms with Gasteiger partial charge in [0.2, 0.25) is 0 Å². The van der Waals surface area contributed by atoms with Gasteiger partial charge in [-0.1, -0.05) is 6.42 Å².